The monoisotopic (exact) mass is 360 g/mol. The van der Waals surface area contributed by atoms with Crippen LogP contribution in [0.5, 0.6) is 0 Å². The van der Waals surface area contributed by atoms with E-state index in [9.17, 15) is 24.6 Å². The summed E-state index contributed by atoms with van der Waals surface area (Å²) in [6.07, 6.45) is -1.22. The van der Waals surface area contributed by atoms with E-state index < -0.39 is 24.1 Å². The van der Waals surface area contributed by atoms with Crippen LogP contribution in [0.1, 0.15) is 6.92 Å². The van der Waals surface area contributed by atoms with Gasteiger partial charge in [-0.2, -0.15) is 0 Å². The van der Waals surface area contributed by atoms with Gasteiger partial charge in [0.15, 0.2) is 5.70 Å². The number of rotatable bonds is 4. The van der Waals surface area contributed by atoms with Gasteiger partial charge in [-0.25, -0.2) is 9.59 Å². The van der Waals surface area contributed by atoms with Gasteiger partial charge in [0.1, 0.15) is 12.0 Å². The summed E-state index contributed by atoms with van der Waals surface area (Å²) in [7, 11) is 1.61. The van der Waals surface area contributed by atoms with Gasteiger partial charge in [0, 0.05) is 13.6 Å². The summed E-state index contributed by atoms with van der Waals surface area (Å²) in [5.74, 6) is -2.11. The van der Waals surface area contributed by atoms with Gasteiger partial charge in [0.25, 0.3) is 0 Å². The van der Waals surface area contributed by atoms with Crippen molar-refractivity contribution in [3.63, 3.8) is 0 Å². The molecule has 0 aromatic heterocycles. The second kappa shape index (κ2) is 5.91. The van der Waals surface area contributed by atoms with E-state index in [1.165, 1.54) is 40.2 Å². The van der Waals surface area contributed by atoms with Crippen LogP contribution in [0.2, 0.25) is 0 Å². The van der Waals surface area contributed by atoms with Crippen molar-refractivity contribution in [2.75, 3.05) is 20.2 Å². The van der Waals surface area contributed by atoms with E-state index in [2.05, 4.69) is 0 Å². The average molecular weight is 360 g/mol. The zero-order valence-electron chi connectivity index (χ0n) is 12.5. The van der Waals surface area contributed by atoms with E-state index in [0.29, 0.717) is 10.8 Å². The van der Waals surface area contributed by atoms with Crippen LogP contribution in [0.15, 0.2) is 9.93 Å². The second-order valence-electron chi connectivity index (χ2n) is 5.62. The zero-order valence-corrected chi connectivity index (χ0v) is 14.1. The molecule has 2 fully saturated rings. The predicted molar refractivity (Wildman–Crippen MR) is 83.4 cm³/mol. The van der Waals surface area contributed by atoms with Gasteiger partial charge < -0.3 is 19.8 Å². The number of carboxylic acid groups (broad SMARTS) is 1. The molecule has 0 aromatic carbocycles. The van der Waals surface area contributed by atoms with Crippen LogP contribution in [0, 0.1) is 5.92 Å². The molecule has 0 radical (unpaired) electrons. The lowest BCUT2D eigenvalue weighted by molar-refractivity contribution is -0.156. The molecule has 4 atom stereocenters. The molecule has 2 saturated heterocycles. The number of aliphatic hydroxyl groups is 1. The van der Waals surface area contributed by atoms with Crippen molar-refractivity contribution in [1.29, 1.82) is 0 Å². The number of aliphatic carboxylic acids is 1. The minimum absolute atomic E-state index is 0.0357. The SMILES string of the molecule is C[C@@H](O)[C@H]1C(=O)N2C(C(=O)O)=C(SC3COC(=O)N(C)C3)S[C@H]12. The van der Waals surface area contributed by atoms with Gasteiger partial charge >= 0.3 is 12.1 Å². The minimum Gasteiger partial charge on any atom is -0.477 e. The van der Waals surface area contributed by atoms with Crippen molar-refractivity contribution in [3.8, 4) is 0 Å². The number of hydrogen-bond donors (Lipinski definition) is 2. The lowest BCUT2D eigenvalue weighted by Crippen LogP contribution is -2.60. The van der Waals surface area contributed by atoms with E-state index in [4.69, 9.17) is 4.74 Å². The number of carbonyl (C=O) groups is 3. The number of fused-ring (bicyclic) bond motifs is 1. The smallest absolute Gasteiger partial charge is 0.409 e. The quantitative estimate of drug-likeness (QED) is 0.691. The maximum absolute atomic E-state index is 12.1. The molecule has 0 bridgehead atoms. The average Bonchev–Trinajstić information content (AvgIpc) is 2.77. The molecule has 2 N–H and O–H groups in total. The van der Waals surface area contributed by atoms with Gasteiger partial charge in [0.2, 0.25) is 5.91 Å². The van der Waals surface area contributed by atoms with Gasteiger partial charge in [0.05, 0.1) is 21.5 Å². The normalized spacial score (nSPS) is 31.7. The third-order valence-corrected chi connectivity index (χ3v) is 6.68. The summed E-state index contributed by atoms with van der Waals surface area (Å²) < 4.78 is 5.55. The van der Waals surface area contributed by atoms with Crippen LogP contribution < -0.4 is 0 Å². The van der Waals surface area contributed by atoms with E-state index in [1.54, 1.807) is 7.05 Å². The Morgan fingerprint density at radius 3 is 2.74 bits per heavy atom. The first kappa shape index (κ1) is 16.5. The summed E-state index contributed by atoms with van der Waals surface area (Å²) in [6, 6.07) is 0. The number of hydrogen-bond acceptors (Lipinski definition) is 7. The number of β-lactam (4-membered cyclic amide) rings is 1. The van der Waals surface area contributed by atoms with Crippen LogP contribution in [-0.2, 0) is 14.3 Å². The van der Waals surface area contributed by atoms with Crippen molar-refractivity contribution in [3.05, 3.63) is 9.93 Å². The Hall–Kier alpha value is -1.39. The number of thioether (sulfide) groups is 2. The Labute approximate surface area is 140 Å². The molecular formula is C13H16N2O6S2. The highest BCUT2D eigenvalue weighted by Crippen LogP contribution is 2.54. The van der Waals surface area contributed by atoms with Crippen LogP contribution in [0.25, 0.3) is 0 Å². The molecule has 126 valence electrons. The third-order valence-electron chi connectivity index (χ3n) is 3.92. The molecule has 10 heteroatoms. The Morgan fingerprint density at radius 1 is 1.48 bits per heavy atom. The summed E-state index contributed by atoms with van der Waals surface area (Å²) in [6.45, 7) is 2.17. The zero-order chi connectivity index (χ0) is 16.9. The number of carboxylic acids is 1. The van der Waals surface area contributed by atoms with E-state index >= 15 is 0 Å². The van der Waals surface area contributed by atoms with Crippen LogP contribution >= 0.6 is 23.5 Å². The highest BCUT2D eigenvalue weighted by molar-refractivity contribution is 8.23. The molecule has 3 aliphatic rings. The molecule has 3 heterocycles. The fourth-order valence-corrected chi connectivity index (χ4v) is 6.04. The Bertz CT molecular complexity index is 607. The summed E-state index contributed by atoms with van der Waals surface area (Å²) in [5, 5.41) is 18.6. The highest BCUT2D eigenvalue weighted by atomic mass is 32.2. The number of ether oxygens (including phenoxy) is 1. The number of aliphatic hydroxyl groups excluding tert-OH is 1. The number of amides is 2. The highest BCUT2D eigenvalue weighted by Gasteiger charge is 2.58. The van der Waals surface area contributed by atoms with Crippen molar-refractivity contribution >= 4 is 41.5 Å². The van der Waals surface area contributed by atoms with E-state index in [0.717, 1.165) is 0 Å². The van der Waals surface area contributed by atoms with Gasteiger partial charge in [-0.05, 0) is 6.92 Å². The standard InChI is InChI=1S/C13H16N2O6S2/c1-5(16)7-9(17)15-8(11(18)19)12(23-10(7)15)22-6-3-14(2)13(20)21-4-6/h5-7,10,16H,3-4H2,1-2H3,(H,18,19)/t5-,6?,7+,10-/m1/s1. The Morgan fingerprint density at radius 2 is 2.17 bits per heavy atom. The summed E-state index contributed by atoms with van der Waals surface area (Å²) >= 11 is 2.58. The first-order valence-corrected chi connectivity index (χ1v) is 8.77. The lowest BCUT2D eigenvalue weighted by atomic mass is 9.92. The molecule has 3 aliphatic heterocycles. The third kappa shape index (κ3) is 2.68. The minimum atomic E-state index is -1.17. The van der Waals surface area contributed by atoms with Crippen molar-refractivity contribution in [1.82, 2.24) is 9.80 Å². The predicted octanol–water partition coefficient (Wildman–Crippen LogP) is 0.336. The summed E-state index contributed by atoms with van der Waals surface area (Å²) in [5.41, 5.74) is -0.0357. The lowest BCUT2D eigenvalue weighted by Gasteiger charge is -2.43. The molecular weight excluding hydrogens is 344 g/mol. The van der Waals surface area contributed by atoms with Gasteiger partial charge in [-0.3, -0.25) is 9.69 Å². The van der Waals surface area contributed by atoms with E-state index in [1.807, 2.05) is 0 Å². The molecule has 8 nitrogen and oxygen atoms in total. The number of nitrogens with zero attached hydrogens (tertiary/aromatic N) is 2. The molecule has 0 saturated carbocycles. The van der Waals surface area contributed by atoms with E-state index in [-0.39, 0.29) is 28.8 Å². The fraction of sp³-hybridized carbons (Fsp3) is 0.615. The molecule has 0 spiro atoms. The van der Waals surface area contributed by atoms with Crippen molar-refractivity contribution < 1.29 is 29.3 Å². The topological polar surface area (TPSA) is 107 Å². The second-order valence-corrected chi connectivity index (χ2v) is 8.32. The fourth-order valence-electron chi connectivity index (χ4n) is 2.76. The molecule has 0 aromatic rings. The maximum atomic E-state index is 12.1. The molecule has 0 aliphatic carbocycles. The van der Waals surface area contributed by atoms with Crippen LogP contribution in [0.4, 0.5) is 4.79 Å². The Kier molecular flexibility index (Phi) is 4.23. The molecule has 23 heavy (non-hydrogen) atoms. The maximum Gasteiger partial charge on any atom is 0.409 e. The molecule has 2 amide bonds. The first-order valence-electron chi connectivity index (χ1n) is 7.01. The van der Waals surface area contributed by atoms with Crippen molar-refractivity contribution in [2.45, 2.75) is 23.7 Å². The number of carbonyl (C=O) groups excluding carboxylic acids is 2. The first-order chi connectivity index (χ1) is 10.8. The largest absolute Gasteiger partial charge is 0.477 e. The Balaban J connectivity index is 1.77. The summed E-state index contributed by atoms with van der Waals surface area (Å²) in [4.78, 5) is 37.6. The van der Waals surface area contributed by atoms with Gasteiger partial charge in [-0.1, -0.05) is 11.8 Å². The van der Waals surface area contributed by atoms with Crippen molar-refractivity contribution in [2.24, 2.45) is 5.92 Å². The van der Waals surface area contributed by atoms with Crippen LogP contribution in [-0.4, -0.2) is 74.9 Å². The van der Waals surface area contributed by atoms with Gasteiger partial charge in [-0.15, -0.1) is 11.8 Å². The number of cyclic esters (lactones) is 1. The van der Waals surface area contributed by atoms with Crippen LogP contribution in [0.3, 0.4) is 0 Å². The molecule has 1 unspecified atom stereocenters. The molecule has 3 rings (SSSR count).